The molecule has 4 nitrogen and oxygen atoms in total. The Morgan fingerprint density at radius 3 is 2.77 bits per heavy atom. The third-order valence-corrected chi connectivity index (χ3v) is 3.69. The largest absolute Gasteiger partial charge is 0.484 e. The van der Waals surface area contributed by atoms with E-state index in [1.54, 1.807) is 6.07 Å². The van der Waals surface area contributed by atoms with E-state index in [-0.39, 0.29) is 23.6 Å². The molecule has 0 aliphatic heterocycles. The number of hydrogen-bond acceptors (Lipinski definition) is 3. The van der Waals surface area contributed by atoms with Gasteiger partial charge in [0, 0.05) is 24.2 Å². The number of alkyl halides is 3. The zero-order valence-corrected chi connectivity index (χ0v) is 12.0. The molecule has 0 spiro atoms. The van der Waals surface area contributed by atoms with Gasteiger partial charge in [0.2, 0.25) is 5.91 Å². The predicted molar refractivity (Wildman–Crippen MR) is 76.6 cm³/mol. The van der Waals surface area contributed by atoms with E-state index < -0.39 is 12.8 Å². The Morgan fingerprint density at radius 2 is 2.14 bits per heavy atom. The van der Waals surface area contributed by atoms with Crippen molar-refractivity contribution in [2.45, 2.75) is 37.9 Å². The molecule has 2 rings (SSSR count). The lowest BCUT2D eigenvalue weighted by Crippen LogP contribution is -2.28. The summed E-state index contributed by atoms with van der Waals surface area (Å²) in [6, 6.07) is 5.97. The first kappa shape index (κ1) is 16.6. The number of nitrogens with two attached hydrogens (primary N) is 1. The van der Waals surface area contributed by atoms with Crippen LogP contribution >= 0.6 is 0 Å². The summed E-state index contributed by atoms with van der Waals surface area (Å²) in [4.78, 5) is 12.0. The molecule has 1 amide bonds. The standard InChI is InChI=1S/C15H19F3N2O2/c16-15(17,18)9-22-12-5-2-4-11(8-12)20-14(21)7-10-3-1-6-13(10)19/h2,4-5,8,10,13H,1,3,6-7,9,19H2,(H,20,21)/t10-,13+/m0/s1. The highest BCUT2D eigenvalue weighted by atomic mass is 19.4. The van der Waals surface area contributed by atoms with Gasteiger partial charge in [0.05, 0.1) is 0 Å². The van der Waals surface area contributed by atoms with Crippen LogP contribution in [0, 0.1) is 5.92 Å². The molecule has 0 bridgehead atoms. The van der Waals surface area contributed by atoms with Gasteiger partial charge in [-0.3, -0.25) is 4.79 Å². The second-order valence-electron chi connectivity index (χ2n) is 5.54. The number of ether oxygens (including phenoxy) is 1. The second-order valence-corrected chi connectivity index (χ2v) is 5.54. The van der Waals surface area contributed by atoms with E-state index in [0.717, 1.165) is 19.3 Å². The zero-order chi connectivity index (χ0) is 16.2. The summed E-state index contributed by atoms with van der Waals surface area (Å²) in [5, 5.41) is 2.67. The van der Waals surface area contributed by atoms with Crippen molar-refractivity contribution in [2.75, 3.05) is 11.9 Å². The van der Waals surface area contributed by atoms with Crippen molar-refractivity contribution in [3.63, 3.8) is 0 Å². The van der Waals surface area contributed by atoms with Crippen molar-refractivity contribution in [2.24, 2.45) is 11.7 Å². The SMILES string of the molecule is N[C@@H]1CCC[C@H]1CC(=O)Nc1cccc(OCC(F)(F)F)c1. The molecule has 0 saturated heterocycles. The molecule has 1 aliphatic carbocycles. The Bertz CT molecular complexity index is 520. The summed E-state index contributed by atoms with van der Waals surface area (Å²) in [6.45, 7) is -1.36. The molecule has 22 heavy (non-hydrogen) atoms. The van der Waals surface area contributed by atoms with Crippen LogP contribution in [0.2, 0.25) is 0 Å². The minimum Gasteiger partial charge on any atom is -0.484 e. The maximum Gasteiger partial charge on any atom is 0.422 e. The summed E-state index contributed by atoms with van der Waals surface area (Å²) in [5.41, 5.74) is 6.33. The Kier molecular flexibility index (Phi) is 5.28. The monoisotopic (exact) mass is 316 g/mol. The van der Waals surface area contributed by atoms with E-state index in [4.69, 9.17) is 5.73 Å². The summed E-state index contributed by atoms with van der Waals surface area (Å²) >= 11 is 0. The quantitative estimate of drug-likeness (QED) is 0.877. The maximum absolute atomic E-state index is 12.1. The molecule has 1 saturated carbocycles. The molecule has 122 valence electrons. The molecule has 0 heterocycles. The van der Waals surface area contributed by atoms with Crippen molar-refractivity contribution < 1.29 is 22.7 Å². The van der Waals surface area contributed by atoms with Gasteiger partial charge in [-0.15, -0.1) is 0 Å². The van der Waals surface area contributed by atoms with E-state index in [1.807, 2.05) is 0 Å². The number of rotatable bonds is 5. The normalized spacial score (nSPS) is 21.6. The highest BCUT2D eigenvalue weighted by molar-refractivity contribution is 5.91. The summed E-state index contributed by atoms with van der Waals surface area (Å²) < 4.78 is 41.0. The number of halogens is 3. The number of hydrogen-bond donors (Lipinski definition) is 2. The van der Waals surface area contributed by atoms with Crippen molar-refractivity contribution in [1.29, 1.82) is 0 Å². The third-order valence-electron chi connectivity index (χ3n) is 3.69. The third kappa shape index (κ3) is 5.22. The van der Waals surface area contributed by atoms with Gasteiger partial charge in [-0.25, -0.2) is 0 Å². The zero-order valence-electron chi connectivity index (χ0n) is 12.0. The van der Waals surface area contributed by atoms with Gasteiger partial charge in [-0.2, -0.15) is 13.2 Å². The molecular formula is C15H19F3N2O2. The van der Waals surface area contributed by atoms with E-state index in [1.165, 1.54) is 18.2 Å². The van der Waals surface area contributed by atoms with Crippen molar-refractivity contribution in [3.05, 3.63) is 24.3 Å². The molecule has 7 heteroatoms. The van der Waals surface area contributed by atoms with Crippen LogP contribution in [-0.2, 0) is 4.79 Å². The average Bonchev–Trinajstić information content (AvgIpc) is 2.81. The number of anilines is 1. The smallest absolute Gasteiger partial charge is 0.422 e. The van der Waals surface area contributed by atoms with Gasteiger partial charge >= 0.3 is 6.18 Å². The van der Waals surface area contributed by atoms with Crippen molar-refractivity contribution in [3.8, 4) is 5.75 Å². The molecule has 3 N–H and O–H groups in total. The van der Waals surface area contributed by atoms with Gasteiger partial charge in [-0.1, -0.05) is 12.5 Å². The van der Waals surface area contributed by atoms with Crippen LogP contribution in [-0.4, -0.2) is 24.7 Å². The topological polar surface area (TPSA) is 64.4 Å². The molecule has 0 radical (unpaired) electrons. The highest BCUT2D eigenvalue weighted by Gasteiger charge is 2.28. The molecule has 1 fully saturated rings. The first-order chi connectivity index (χ1) is 10.3. The maximum atomic E-state index is 12.1. The lowest BCUT2D eigenvalue weighted by Gasteiger charge is -2.15. The van der Waals surface area contributed by atoms with Crippen molar-refractivity contribution in [1.82, 2.24) is 0 Å². The van der Waals surface area contributed by atoms with Crippen LogP contribution in [0.15, 0.2) is 24.3 Å². The molecule has 0 unspecified atom stereocenters. The van der Waals surface area contributed by atoms with Gasteiger partial charge in [0.1, 0.15) is 5.75 Å². The Balaban J connectivity index is 1.88. The Morgan fingerprint density at radius 1 is 1.36 bits per heavy atom. The molecule has 1 aliphatic rings. The van der Waals surface area contributed by atoms with Crippen LogP contribution in [0.25, 0.3) is 0 Å². The predicted octanol–water partition coefficient (Wildman–Crippen LogP) is 3.08. The molecule has 1 aromatic rings. The van der Waals surface area contributed by atoms with Gasteiger partial charge in [-0.05, 0) is 30.9 Å². The van der Waals surface area contributed by atoms with Crippen molar-refractivity contribution >= 4 is 11.6 Å². The van der Waals surface area contributed by atoms with Crippen LogP contribution in [0.1, 0.15) is 25.7 Å². The van der Waals surface area contributed by atoms with E-state index in [9.17, 15) is 18.0 Å². The highest BCUT2D eigenvalue weighted by Crippen LogP contribution is 2.27. The van der Waals surface area contributed by atoms with Gasteiger partial charge in [0.25, 0.3) is 0 Å². The summed E-state index contributed by atoms with van der Waals surface area (Å²) in [7, 11) is 0. The number of carbonyl (C=O) groups is 1. The van der Waals surface area contributed by atoms with E-state index in [0.29, 0.717) is 12.1 Å². The van der Waals surface area contributed by atoms with Crippen LogP contribution in [0.4, 0.5) is 18.9 Å². The van der Waals surface area contributed by atoms with Crippen LogP contribution in [0.3, 0.4) is 0 Å². The van der Waals surface area contributed by atoms with Gasteiger partial charge in [0.15, 0.2) is 6.61 Å². The number of carbonyl (C=O) groups excluding carboxylic acids is 1. The van der Waals surface area contributed by atoms with Crippen LogP contribution < -0.4 is 15.8 Å². The number of benzene rings is 1. The van der Waals surface area contributed by atoms with E-state index in [2.05, 4.69) is 10.1 Å². The first-order valence-electron chi connectivity index (χ1n) is 7.18. The Hall–Kier alpha value is -1.76. The summed E-state index contributed by atoms with van der Waals surface area (Å²) in [6.07, 6.45) is -1.17. The van der Waals surface area contributed by atoms with Gasteiger partial charge < -0.3 is 15.8 Å². The average molecular weight is 316 g/mol. The molecule has 0 aromatic heterocycles. The Labute approximate surface area is 126 Å². The van der Waals surface area contributed by atoms with E-state index >= 15 is 0 Å². The minimum absolute atomic E-state index is 0.0483. The summed E-state index contributed by atoms with van der Waals surface area (Å²) in [5.74, 6) is 0.0488. The minimum atomic E-state index is -4.39. The fourth-order valence-electron chi connectivity index (χ4n) is 2.60. The second kappa shape index (κ2) is 7.00. The molecular weight excluding hydrogens is 297 g/mol. The lowest BCUT2D eigenvalue weighted by atomic mass is 10.00. The molecule has 1 aromatic carbocycles. The lowest BCUT2D eigenvalue weighted by molar-refractivity contribution is -0.153. The first-order valence-corrected chi connectivity index (χ1v) is 7.18. The van der Waals surface area contributed by atoms with Crippen LogP contribution in [0.5, 0.6) is 5.75 Å². The number of nitrogens with one attached hydrogen (secondary N) is 1. The number of amides is 1. The molecule has 2 atom stereocenters. The fraction of sp³-hybridized carbons (Fsp3) is 0.533. The fourth-order valence-corrected chi connectivity index (χ4v) is 2.60.